The van der Waals surface area contributed by atoms with Crippen LogP contribution in [0.5, 0.6) is 0 Å². The third kappa shape index (κ3) is 6.96. The number of hydrogen-bond acceptors (Lipinski definition) is 16. The van der Waals surface area contributed by atoms with Gasteiger partial charge in [-0.1, -0.05) is 48.5 Å². The zero-order chi connectivity index (χ0) is 35.0. The summed E-state index contributed by atoms with van der Waals surface area (Å²) in [5.41, 5.74) is 12.7. The summed E-state index contributed by atoms with van der Waals surface area (Å²) in [6.45, 7) is -2.08. The van der Waals surface area contributed by atoms with Gasteiger partial charge in [-0.25, -0.2) is 0 Å². The van der Waals surface area contributed by atoms with Gasteiger partial charge in [0.15, 0.2) is 18.9 Å². The Hall–Kier alpha value is -2.75. The van der Waals surface area contributed by atoms with Gasteiger partial charge in [0.2, 0.25) is 0 Å². The van der Waals surface area contributed by atoms with Crippen molar-refractivity contribution < 1.29 is 64.5 Å². The summed E-state index contributed by atoms with van der Waals surface area (Å²) in [5, 5.41) is 87.3. The van der Waals surface area contributed by atoms with Crippen LogP contribution in [0, 0.1) is 0 Å². The number of aliphatic imine (C=N–C) groups is 1. The third-order valence-electron chi connectivity index (χ3n) is 9.44. The minimum absolute atomic E-state index is 0.672. The normalized spacial score (nSPS) is 40.3. The molecule has 3 fully saturated rings. The highest BCUT2D eigenvalue weighted by Gasteiger charge is 2.53. The van der Waals surface area contributed by atoms with Crippen molar-refractivity contribution in [2.45, 2.75) is 91.9 Å². The van der Waals surface area contributed by atoms with Crippen LogP contribution < -0.4 is 11.5 Å². The molecule has 2 unspecified atom stereocenters. The van der Waals surface area contributed by atoms with Crippen molar-refractivity contribution in [1.82, 2.24) is 0 Å². The van der Waals surface area contributed by atoms with Gasteiger partial charge >= 0.3 is 0 Å². The Morgan fingerprint density at radius 1 is 0.633 bits per heavy atom. The van der Waals surface area contributed by atoms with E-state index in [4.69, 9.17) is 40.1 Å². The van der Waals surface area contributed by atoms with Gasteiger partial charge < -0.3 is 76.0 Å². The van der Waals surface area contributed by atoms with E-state index in [2.05, 4.69) is 0 Å². The molecule has 0 amide bonds. The second-order valence-corrected chi connectivity index (χ2v) is 12.5. The topological polar surface area (TPSA) is 272 Å². The van der Waals surface area contributed by atoms with Gasteiger partial charge in [0.25, 0.3) is 0 Å². The molecule has 3 saturated heterocycles. The minimum Gasteiger partial charge on any atom is -0.394 e. The maximum Gasteiger partial charge on any atom is 0.183 e. The van der Waals surface area contributed by atoms with Crippen molar-refractivity contribution in [3.05, 3.63) is 60.2 Å². The minimum atomic E-state index is -1.63. The van der Waals surface area contributed by atoms with Crippen LogP contribution in [0.3, 0.4) is 0 Å². The molecule has 0 radical (unpaired) electrons. The number of rotatable bonds is 9. The lowest BCUT2D eigenvalue weighted by Crippen LogP contribution is -2.67. The molecule has 3 heterocycles. The van der Waals surface area contributed by atoms with Crippen LogP contribution in [0.25, 0.3) is 21.5 Å². The van der Waals surface area contributed by atoms with E-state index in [0.717, 1.165) is 21.5 Å². The largest absolute Gasteiger partial charge is 0.394 e. The highest BCUT2D eigenvalue weighted by molar-refractivity contribution is 6.13. The van der Waals surface area contributed by atoms with Gasteiger partial charge in [-0.15, -0.1) is 0 Å². The number of aliphatic hydroxyl groups excluding tert-OH is 8. The molecule has 0 aromatic heterocycles. The van der Waals surface area contributed by atoms with Crippen LogP contribution >= 0.6 is 0 Å². The van der Waals surface area contributed by atoms with Crippen LogP contribution in [0.1, 0.15) is 5.56 Å². The first-order valence-electron chi connectivity index (χ1n) is 16.0. The summed E-state index contributed by atoms with van der Waals surface area (Å²) >= 11 is 0. The summed E-state index contributed by atoms with van der Waals surface area (Å²) in [7, 11) is 0. The zero-order valence-electron chi connectivity index (χ0n) is 26.3. The number of nitrogens with zero attached hydrogens (tertiary/aromatic N) is 1. The molecular formula is C33H43N3O13. The Morgan fingerprint density at radius 2 is 1.16 bits per heavy atom. The summed E-state index contributed by atoms with van der Waals surface area (Å²) < 4.78 is 29.2. The van der Waals surface area contributed by atoms with Crippen LogP contribution in [-0.4, -0.2) is 159 Å². The van der Waals surface area contributed by atoms with E-state index in [9.17, 15) is 40.9 Å². The lowest BCUT2D eigenvalue weighted by Gasteiger charge is -2.48. The Labute approximate surface area is 280 Å². The van der Waals surface area contributed by atoms with Gasteiger partial charge in [0.1, 0.15) is 61.0 Å². The fourth-order valence-corrected chi connectivity index (χ4v) is 6.65. The number of benzene rings is 3. The van der Waals surface area contributed by atoms with E-state index in [1.54, 1.807) is 6.21 Å². The van der Waals surface area contributed by atoms with E-state index in [1.807, 2.05) is 54.6 Å². The quantitative estimate of drug-likeness (QED) is 0.0783. The standard InChI is InChI=1S/C33H43N3O13/c34-22-27(42)29(20(12-38)45-31(22)44)49-33-24(36-10-18-16-7-3-1-5-14(16)9-15-6-2-4-8-17(15)18)28(43)30(21(13-39)47-33)48-32-23(35)26(41)25(40)19(11-37)46-32/h1-10,19-33,37-44H,11-13,34-35H2/t19-,20-,21-,22-,23-,24-,25-,26-,27-,28-,29?,30?,31-,32+,33+/m1/s1. The zero-order valence-corrected chi connectivity index (χ0v) is 26.3. The van der Waals surface area contributed by atoms with Crippen molar-refractivity contribution in [2.24, 2.45) is 16.5 Å². The van der Waals surface area contributed by atoms with Gasteiger partial charge in [0.05, 0.1) is 31.9 Å². The SMILES string of the molecule is N[C@H]1[C@H](OC2[C@@H](CO)O[C@@H](OC3[C@@H](CO)O[C@@H](O)[C@H](N)[C@H]3O)[C@H](N=Cc3c4ccccc4cc4ccccc34)[C@H]2O)O[C@H](CO)[C@@H](O)[C@@H]1O. The maximum atomic E-state index is 11.9. The number of hydrogen-bond donors (Lipinski definition) is 10. The van der Waals surface area contributed by atoms with Crippen molar-refractivity contribution in [2.75, 3.05) is 19.8 Å². The first-order chi connectivity index (χ1) is 23.6. The molecule has 3 aromatic carbocycles. The molecule has 15 atom stereocenters. The molecule has 16 heteroatoms. The maximum absolute atomic E-state index is 11.9. The summed E-state index contributed by atoms with van der Waals surface area (Å²) in [6, 6.07) is 13.4. The summed E-state index contributed by atoms with van der Waals surface area (Å²) in [6.07, 6.45) is -15.9. The van der Waals surface area contributed by atoms with Gasteiger partial charge in [-0.3, -0.25) is 4.99 Å². The average Bonchev–Trinajstić information content (AvgIpc) is 3.11. The molecule has 12 N–H and O–H groups in total. The second kappa shape index (κ2) is 15.2. The Morgan fingerprint density at radius 3 is 1.78 bits per heavy atom. The summed E-state index contributed by atoms with van der Waals surface area (Å²) in [5.74, 6) is 0. The summed E-state index contributed by atoms with van der Waals surface area (Å²) in [4.78, 5) is 4.73. The van der Waals surface area contributed by atoms with Crippen LogP contribution in [-0.2, 0) is 23.7 Å². The first-order valence-corrected chi connectivity index (χ1v) is 16.0. The Kier molecular flexibility index (Phi) is 11.2. The molecule has 0 aliphatic carbocycles. The Balaban J connectivity index is 1.38. The van der Waals surface area contributed by atoms with Gasteiger partial charge in [0, 0.05) is 11.8 Å². The van der Waals surface area contributed by atoms with Gasteiger partial charge in [-0.2, -0.15) is 0 Å². The van der Waals surface area contributed by atoms with E-state index >= 15 is 0 Å². The molecule has 49 heavy (non-hydrogen) atoms. The molecule has 3 aromatic rings. The van der Waals surface area contributed by atoms with E-state index in [0.29, 0.717) is 5.56 Å². The molecule has 268 valence electrons. The average molecular weight is 690 g/mol. The fraction of sp³-hybridized carbons (Fsp3) is 0.545. The Bertz CT molecular complexity index is 1540. The monoisotopic (exact) mass is 689 g/mol. The molecule has 0 bridgehead atoms. The highest BCUT2D eigenvalue weighted by atomic mass is 16.7. The van der Waals surface area contributed by atoms with Crippen molar-refractivity contribution in [1.29, 1.82) is 0 Å². The molecule has 0 saturated carbocycles. The molecule has 3 aliphatic heterocycles. The molecule has 6 rings (SSSR count). The number of nitrogens with two attached hydrogens (primary N) is 2. The molecule has 0 spiro atoms. The highest BCUT2D eigenvalue weighted by Crippen LogP contribution is 2.34. The van der Waals surface area contributed by atoms with Crippen LogP contribution in [0.4, 0.5) is 0 Å². The second-order valence-electron chi connectivity index (χ2n) is 12.5. The van der Waals surface area contributed by atoms with Crippen molar-refractivity contribution >= 4 is 27.8 Å². The van der Waals surface area contributed by atoms with E-state index < -0.39 is 112 Å². The van der Waals surface area contributed by atoms with Crippen molar-refractivity contribution in [3.63, 3.8) is 0 Å². The number of aliphatic hydroxyl groups is 8. The lowest BCUT2D eigenvalue weighted by molar-refractivity contribution is -0.347. The van der Waals surface area contributed by atoms with Crippen LogP contribution in [0.15, 0.2) is 59.6 Å². The lowest BCUT2D eigenvalue weighted by atomic mass is 9.94. The van der Waals surface area contributed by atoms with Gasteiger partial charge in [-0.05, 0) is 27.6 Å². The van der Waals surface area contributed by atoms with Crippen LogP contribution in [0.2, 0.25) is 0 Å². The van der Waals surface area contributed by atoms with E-state index in [1.165, 1.54) is 0 Å². The smallest absolute Gasteiger partial charge is 0.183 e. The first kappa shape index (κ1) is 36.1. The molecular weight excluding hydrogens is 646 g/mol. The predicted molar refractivity (Wildman–Crippen MR) is 172 cm³/mol. The van der Waals surface area contributed by atoms with E-state index in [-0.39, 0.29) is 0 Å². The number of ether oxygens (including phenoxy) is 5. The third-order valence-corrected chi connectivity index (χ3v) is 9.44. The molecule has 3 aliphatic rings. The molecule has 16 nitrogen and oxygen atoms in total. The fourth-order valence-electron chi connectivity index (χ4n) is 6.65. The van der Waals surface area contributed by atoms with Crippen molar-refractivity contribution in [3.8, 4) is 0 Å². The number of fused-ring (bicyclic) bond motifs is 2. The predicted octanol–water partition coefficient (Wildman–Crippen LogP) is -3.21.